The van der Waals surface area contributed by atoms with Crippen LogP contribution >= 0.6 is 0 Å². The predicted octanol–water partition coefficient (Wildman–Crippen LogP) is 1.87. The maximum Gasteiger partial charge on any atom is 0.310 e. The van der Waals surface area contributed by atoms with Crippen molar-refractivity contribution in [3.8, 4) is 0 Å². The van der Waals surface area contributed by atoms with E-state index in [-0.39, 0.29) is 28.6 Å². The molecule has 3 atom stereocenters. The molecule has 0 aromatic heterocycles. The molecule has 102 valence electrons. The summed E-state index contributed by atoms with van der Waals surface area (Å²) in [6, 6.07) is -0.178. The highest BCUT2D eigenvalue weighted by molar-refractivity contribution is 7.90. The average molecular weight is 263 g/mol. The predicted molar refractivity (Wildman–Crippen MR) is 70.8 cm³/mol. The zero-order valence-corrected chi connectivity index (χ0v) is 12.7. The molecule has 2 unspecified atom stereocenters. The van der Waals surface area contributed by atoms with E-state index >= 15 is 0 Å². The van der Waals surface area contributed by atoms with E-state index in [0.717, 1.165) is 0 Å². The van der Waals surface area contributed by atoms with Crippen molar-refractivity contribution in [3.05, 3.63) is 0 Å². The van der Waals surface area contributed by atoms with Crippen LogP contribution in [0.1, 0.15) is 41.5 Å². The molecule has 0 spiro atoms. The molecule has 0 amide bonds. The molecule has 0 radical (unpaired) electrons. The topological polar surface area (TPSA) is 61.4 Å². The molecule has 0 heterocycles. The number of nitrogens with one attached hydrogen (secondary N) is 1. The summed E-state index contributed by atoms with van der Waals surface area (Å²) in [5, 5.41) is 0. The molecule has 0 saturated heterocycles. The second kappa shape index (κ2) is 6.61. The lowest BCUT2D eigenvalue weighted by atomic mass is 9.90. The molecule has 17 heavy (non-hydrogen) atoms. The fraction of sp³-hybridized carbons (Fsp3) is 0.917. The van der Waals surface area contributed by atoms with E-state index in [0.29, 0.717) is 0 Å². The summed E-state index contributed by atoms with van der Waals surface area (Å²) in [6.45, 7) is 11.5. The van der Waals surface area contributed by atoms with Crippen LogP contribution < -0.4 is 4.72 Å². The SMILES string of the molecule is COC(=O)C(C(C)C)C(C)N[S@@+]([O-])C(C)(C)C. The van der Waals surface area contributed by atoms with E-state index in [1.807, 2.05) is 41.5 Å². The van der Waals surface area contributed by atoms with E-state index in [1.54, 1.807) is 0 Å². The van der Waals surface area contributed by atoms with Crippen molar-refractivity contribution in [2.45, 2.75) is 52.3 Å². The van der Waals surface area contributed by atoms with Crippen molar-refractivity contribution in [2.75, 3.05) is 7.11 Å². The van der Waals surface area contributed by atoms with Crippen LogP contribution in [0, 0.1) is 11.8 Å². The Morgan fingerprint density at radius 2 is 1.76 bits per heavy atom. The third-order valence-electron chi connectivity index (χ3n) is 2.58. The fourth-order valence-electron chi connectivity index (χ4n) is 1.61. The van der Waals surface area contributed by atoms with Gasteiger partial charge in [-0.05, 0) is 33.6 Å². The van der Waals surface area contributed by atoms with E-state index in [9.17, 15) is 9.35 Å². The van der Waals surface area contributed by atoms with Gasteiger partial charge in [-0.3, -0.25) is 4.79 Å². The van der Waals surface area contributed by atoms with Gasteiger partial charge in [-0.2, -0.15) is 0 Å². The standard InChI is InChI=1S/C12H25NO3S/c1-8(2)10(11(14)16-7)9(3)13-17(15)12(4,5)6/h8-10,13H,1-7H3/t9?,10?,17-/m0/s1. The van der Waals surface area contributed by atoms with Gasteiger partial charge in [0, 0.05) is 11.4 Å². The second-order valence-electron chi connectivity index (χ2n) is 5.58. The first-order valence-corrected chi connectivity index (χ1v) is 7.02. The van der Waals surface area contributed by atoms with Gasteiger partial charge in [0.25, 0.3) is 0 Å². The van der Waals surface area contributed by atoms with Gasteiger partial charge in [0.1, 0.15) is 4.75 Å². The molecule has 1 N–H and O–H groups in total. The Hall–Kier alpha value is -0.260. The molecule has 0 rings (SSSR count). The van der Waals surface area contributed by atoms with Crippen molar-refractivity contribution in [3.63, 3.8) is 0 Å². The summed E-state index contributed by atoms with van der Waals surface area (Å²) in [5.41, 5.74) is 0. The highest BCUT2D eigenvalue weighted by atomic mass is 32.2. The fourth-order valence-corrected chi connectivity index (χ4v) is 2.45. The molecule has 0 aromatic rings. The maximum absolute atomic E-state index is 12.0. The number of esters is 1. The Labute approximate surface area is 108 Å². The van der Waals surface area contributed by atoms with Gasteiger partial charge in [-0.15, -0.1) is 4.72 Å². The van der Waals surface area contributed by atoms with Crippen LogP contribution in [0.25, 0.3) is 0 Å². The van der Waals surface area contributed by atoms with E-state index in [1.165, 1.54) is 7.11 Å². The molecule has 0 saturated carbocycles. The maximum atomic E-state index is 12.0. The van der Waals surface area contributed by atoms with Crippen LogP contribution in [0.5, 0.6) is 0 Å². The van der Waals surface area contributed by atoms with Crippen LogP contribution in [0.2, 0.25) is 0 Å². The molecular formula is C12H25NO3S. The first-order chi connectivity index (χ1) is 7.61. The molecule has 0 aliphatic heterocycles. The van der Waals surface area contributed by atoms with E-state index in [2.05, 4.69) is 4.72 Å². The number of hydrogen-bond acceptors (Lipinski definition) is 4. The molecular weight excluding hydrogens is 238 g/mol. The number of carbonyl (C=O) groups excluding carboxylic acids is 1. The minimum absolute atomic E-state index is 0.141. The number of methoxy groups -OCH3 is 1. The van der Waals surface area contributed by atoms with Gasteiger partial charge in [0.2, 0.25) is 0 Å². The zero-order chi connectivity index (χ0) is 13.8. The normalized spacial score (nSPS) is 17.7. The van der Waals surface area contributed by atoms with Crippen LogP contribution in [0.15, 0.2) is 0 Å². The summed E-state index contributed by atoms with van der Waals surface area (Å²) in [4.78, 5) is 11.7. The summed E-state index contributed by atoms with van der Waals surface area (Å²) in [6.07, 6.45) is 0. The van der Waals surface area contributed by atoms with Crippen LogP contribution in [0.3, 0.4) is 0 Å². The van der Waals surface area contributed by atoms with Gasteiger partial charge in [-0.1, -0.05) is 13.8 Å². The van der Waals surface area contributed by atoms with Crippen molar-refractivity contribution in [2.24, 2.45) is 11.8 Å². The third-order valence-corrected chi connectivity index (χ3v) is 4.28. The van der Waals surface area contributed by atoms with Gasteiger partial charge in [-0.25, -0.2) is 0 Å². The lowest BCUT2D eigenvalue weighted by Crippen LogP contribution is -2.49. The Morgan fingerprint density at radius 3 is 2.06 bits per heavy atom. The number of ether oxygens (including phenoxy) is 1. The number of carbonyl (C=O) groups is 1. The first-order valence-electron chi connectivity index (χ1n) is 5.87. The molecule has 0 aromatic carbocycles. The minimum atomic E-state index is -1.18. The summed E-state index contributed by atoms with van der Waals surface area (Å²) >= 11 is -1.18. The van der Waals surface area contributed by atoms with Crippen molar-refractivity contribution < 1.29 is 14.1 Å². The Bertz CT molecular complexity index is 251. The summed E-state index contributed by atoms with van der Waals surface area (Å²) in [5.74, 6) is -0.404. The van der Waals surface area contributed by atoms with Crippen LogP contribution in [-0.4, -0.2) is 28.4 Å². The van der Waals surface area contributed by atoms with Gasteiger partial charge in [0.15, 0.2) is 0 Å². The molecule has 0 fully saturated rings. The Balaban J connectivity index is 4.65. The highest BCUT2D eigenvalue weighted by Gasteiger charge is 2.35. The van der Waals surface area contributed by atoms with Crippen molar-refractivity contribution in [1.82, 2.24) is 4.72 Å². The van der Waals surface area contributed by atoms with Gasteiger partial charge < -0.3 is 9.29 Å². The van der Waals surface area contributed by atoms with Gasteiger partial charge in [0.05, 0.1) is 19.1 Å². The third kappa shape index (κ3) is 5.27. The Morgan fingerprint density at radius 1 is 1.29 bits per heavy atom. The minimum Gasteiger partial charge on any atom is -0.598 e. The lowest BCUT2D eigenvalue weighted by Gasteiger charge is -2.30. The van der Waals surface area contributed by atoms with Crippen LogP contribution in [0.4, 0.5) is 0 Å². The average Bonchev–Trinajstić information content (AvgIpc) is 2.15. The molecule has 0 aliphatic carbocycles. The van der Waals surface area contributed by atoms with Crippen molar-refractivity contribution in [1.29, 1.82) is 0 Å². The quantitative estimate of drug-likeness (QED) is 0.607. The van der Waals surface area contributed by atoms with Gasteiger partial charge >= 0.3 is 5.97 Å². The first kappa shape index (κ1) is 16.7. The lowest BCUT2D eigenvalue weighted by molar-refractivity contribution is -0.147. The largest absolute Gasteiger partial charge is 0.598 e. The Kier molecular flexibility index (Phi) is 6.51. The molecule has 0 bridgehead atoms. The van der Waals surface area contributed by atoms with E-state index in [4.69, 9.17) is 4.74 Å². The smallest absolute Gasteiger partial charge is 0.310 e. The highest BCUT2D eigenvalue weighted by Crippen LogP contribution is 2.20. The summed E-state index contributed by atoms with van der Waals surface area (Å²) < 4.78 is 19.4. The van der Waals surface area contributed by atoms with E-state index < -0.39 is 11.4 Å². The van der Waals surface area contributed by atoms with Crippen LogP contribution in [-0.2, 0) is 20.9 Å². The molecule has 5 heteroatoms. The summed E-state index contributed by atoms with van der Waals surface area (Å²) in [7, 11) is 1.38. The monoisotopic (exact) mass is 263 g/mol. The number of hydrogen-bond donors (Lipinski definition) is 1. The molecule has 0 aliphatic rings. The number of rotatable bonds is 5. The molecule has 4 nitrogen and oxygen atoms in total. The van der Waals surface area contributed by atoms with Crippen molar-refractivity contribution >= 4 is 17.3 Å². The second-order valence-corrected chi connectivity index (χ2v) is 7.58. The zero-order valence-electron chi connectivity index (χ0n) is 11.9.